The summed E-state index contributed by atoms with van der Waals surface area (Å²) in [5.74, 6) is 0.298. The van der Waals surface area contributed by atoms with Crippen molar-refractivity contribution in [2.75, 3.05) is 13.6 Å². The highest BCUT2D eigenvalue weighted by atomic mass is 16.4. The first kappa shape index (κ1) is 19.1. The number of imide groups is 1. The van der Waals surface area contributed by atoms with E-state index in [1.165, 1.54) is 19.3 Å². The maximum atomic E-state index is 12.4. The van der Waals surface area contributed by atoms with Gasteiger partial charge in [0, 0.05) is 12.1 Å². The molecule has 4 bridgehead atoms. The maximum absolute atomic E-state index is 12.4. The first-order valence-electron chi connectivity index (χ1n) is 9.73. The summed E-state index contributed by atoms with van der Waals surface area (Å²) in [6.07, 6.45) is 6.99. The Kier molecular flexibility index (Phi) is 5.28. The van der Waals surface area contributed by atoms with Crippen molar-refractivity contribution in [1.82, 2.24) is 15.5 Å². The fraction of sp³-hybridized carbons (Fsp3) is 0.842. The molecule has 146 valence electrons. The number of carboxylic acids is 1. The molecule has 3 amide bonds. The molecule has 0 aromatic heterocycles. The molecule has 4 aliphatic carbocycles. The van der Waals surface area contributed by atoms with Crippen LogP contribution in [0.1, 0.15) is 52.4 Å². The molecule has 0 saturated heterocycles. The molecule has 4 fully saturated rings. The van der Waals surface area contributed by atoms with Crippen molar-refractivity contribution in [3.63, 3.8) is 0 Å². The highest BCUT2D eigenvalue weighted by molar-refractivity contribution is 5.97. The topological polar surface area (TPSA) is 98.7 Å². The molecule has 2 atom stereocenters. The molecule has 0 aromatic rings. The molecular weight excluding hydrogens is 334 g/mol. The van der Waals surface area contributed by atoms with Crippen LogP contribution in [0.4, 0.5) is 4.79 Å². The Morgan fingerprint density at radius 1 is 1.08 bits per heavy atom. The third-order valence-corrected chi connectivity index (χ3v) is 6.68. The van der Waals surface area contributed by atoms with Crippen LogP contribution in [-0.2, 0) is 9.59 Å². The average molecular weight is 365 g/mol. The highest BCUT2D eigenvalue weighted by Crippen LogP contribution is 2.55. The monoisotopic (exact) mass is 365 g/mol. The zero-order chi connectivity index (χ0) is 19.1. The van der Waals surface area contributed by atoms with E-state index in [1.54, 1.807) is 25.8 Å². The second kappa shape index (κ2) is 7.18. The number of nitrogens with zero attached hydrogens (tertiary/aromatic N) is 1. The Morgan fingerprint density at radius 3 is 2.04 bits per heavy atom. The van der Waals surface area contributed by atoms with Crippen molar-refractivity contribution in [1.29, 1.82) is 0 Å². The Balaban J connectivity index is 1.51. The van der Waals surface area contributed by atoms with Crippen LogP contribution in [0.2, 0.25) is 0 Å². The molecule has 4 rings (SSSR count). The molecular formula is C19H31N3O4. The number of rotatable bonds is 6. The molecule has 0 radical (unpaired) electrons. The fourth-order valence-corrected chi connectivity index (χ4v) is 5.62. The number of nitrogens with one attached hydrogen (secondary N) is 2. The first-order chi connectivity index (χ1) is 12.2. The van der Waals surface area contributed by atoms with Crippen molar-refractivity contribution in [2.24, 2.45) is 23.7 Å². The van der Waals surface area contributed by atoms with Gasteiger partial charge in [-0.05, 0) is 70.3 Å². The van der Waals surface area contributed by atoms with Crippen LogP contribution in [0.5, 0.6) is 0 Å². The minimum Gasteiger partial charge on any atom is -0.481 e. The van der Waals surface area contributed by atoms with Crippen molar-refractivity contribution in [3.8, 4) is 0 Å². The minimum atomic E-state index is -0.899. The standard InChI is InChI=1S/C19H31N3O4/c1-11(17(24)25)10-22(3)12(2)16(23)20-18(26)21-19-7-13-4-14(8-19)6-15(5-13)9-19/h11-15H,4-10H2,1-3H3,(H,24,25)(H2,20,21,23,26). The summed E-state index contributed by atoms with van der Waals surface area (Å²) >= 11 is 0. The Bertz CT molecular complexity index is 556. The minimum absolute atomic E-state index is 0.133. The van der Waals surface area contributed by atoms with Crippen LogP contribution in [0.15, 0.2) is 0 Å². The van der Waals surface area contributed by atoms with Gasteiger partial charge >= 0.3 is 12.0 Å². The summed E-state index contributed by atoms with van der Waals surface area (Å²) in [4.78, 5) is 37.4. The summed E-state index contributed by atoms with van der Waals surface area (Å²) in [5, 5.41) is 14.6. The summed E-state index contributed by atoms with van der Waals surface area (Å²) in [7, 11) is 1.70. The van der Waals surface area contributed by atoms with Gasteiger partial charge in [-0.2, -0.15) is 0 Å². The summed E-state index contributed by atoms with van der Waals surface area (Å²) in [6.45, 7) is 3.53. The van der Waals surface area contributed by atoms with E-state index in [0.717, 1.165) is 37.0 Å². The van der Waals surface area contributed by atoms with Gasteiger partial charge in [0.15, 0.2) is 0 Å². The van der Waals surface area contributed by atoms with Crippen molar-refractivity contribution >= 4 is 17.9 Å². The molecule has 7 heteroatoms. The number of amides is 3. The van der Waals surface area contributed by atoms with E-state index in [4.69, 9.17) is 5.11 Å². The van der Waals surface area contributed by atoms with Crippen molar-refractivity contribution < 1.29 is 19.5 Å². The fourth-order valence-electron chi connectivity index (χ4n) is 5.62. The Hall–Kier alpha value is -1.63. The number of hydrogen-bond acceptors (Lipinski definition) is 4. The normalized spacial score (nSPS) is 34.4. The predicted molar refractivity (Wildman–Crippen MR) is 96.5 cm³/mol. The average Bonchev–Trinajstić information content (AvgIpc) is 2.51. The van der Waals surface area contributed by atoms with Crippen LogP contribution in [0, 0.1) is 23.7 Å². The van der Waals surface area contributed by atoms with Crippen LogP contribution < -0.4 is 10.6 Å². The third-order valence-electron chi connectivity index (χ3n) is 6.68. The molecule has 2 unspecified atom stereocenters. The molecule has 0 aromatic carbocycles. The van der Waals surface area contributed by atoms with Crippen LogP contribution in [0.25, 0.3) is 0 Å². The van der Waals surface area contributed by atoms with Gasteiger partial charge in [-0.25, -0.2) is 4.79 Å². The third kappa shape index (κ3) is 4.03. The smallest absolute Gasteiger partial charge is 0.321 e. The molecule has 0 spiro atoms. The highest BCUT2D eigenvalue weighted by Gasteiger charge is 2.51. The van der Waals surface area contributed by atoms with E-state index < -0.39 is 29.9 Å². The van der Waals surface area contributed by atoms with Crippen LogP contribution in [0.3, 0.4) is 0 Å². The maximum Gasteiger partial charge on any atom is 0.321 e. The molecule has 0 aliphatic heterocycles. The lowest BCUT2D eigenvalue weighted by atomic mass is 9.53. The number of carbonyl (C=O) groups is 3. The van der Waals surface area contributed by atoms with E-state index >= 15 is 0 Å². The quantitative estimate of drug-likeness (QED) is 0.667. The Morgan fingerprint density at radius 2 is 1.58 bits per heavy atom. The summed E-state index contributed by atoms with van der Waals surface area (Å²) in [5.41, 5.74) is -0.133. The van der Waals surface area contributed by atoms with Crippen LogP contribution >= 0.6 is 0 Å². The van der Waals surface area contributed by atoms with Crippen molar-refractivity contribution in [2.45, 2.75) is 64.0 Å². The van der Waals surface area contributed by atoms with Gasteiger partial charge in [0.2, 0.25) is 5.91 Å². The lowest BCUT2D eigenvalue weighted by Crippen LogP contribution is -2.62. The van der Waals surface area contributed by atoms with E-state index in [1.807, 2.05) is 0 Å². The van der Waals surface area contributed by atoms with Gasteiger partial charge in [-0.15, -0.1) is 0 Å². The number of hydrogen-bond donors (Lipinski definition) is 3. The van der Waals surface area contributed by atoms with E-state index in [0.29, 0.717) is 0 Å². The number of carbonyl (C=O) groups excluding carboxylic acids is 2. The van der Waals surface area contributed by atoms with E-state index in [2.05, 4.69) is 10.6 Å². The number of carboxylic acid groups (broad SMARTS) is 1. The first-order valence-corrected chi connectivity index (χ1v) is 9.73. The molecule has 3 N–H and O–H groups in total. The van der Waals surface area contributed by atoms with Crippen LogP contribution in [-0.4, -0.2) is 53.1 Å². The molecule has 4 aliphatic rings. The number of urea groups is 1. The zero-order valence-corrected chi connectivity index (χ0v) is 16.0. The van der Waals surface area contributed by atoms with E-state index in [9.17, 15) is 14.4 Å². The number of likely N-dealkylation sites (N-methyl/N-ethyl adjacent to an activating group) is 1. The summed E-state index contributed by atoms with van der Waals surface area (Å²) < 4.78 is 0. The summed E-state index contributed by atoms with van der Waals surface area (Å²) in [6, 6.07) is -0.984. The number of aliphatic carboxylic acids is 1. The van der Waals surface area contributed by atoms with E-state index in [-0.39, 0.29) is 12.1 Å². The SMILES string of the molecule is CC(CN(C)C(C)C(=O)NC(=O)NC12CC3CC(CC(C3)C1)C2)C(=O)O. The van der Waals surface area contributed by atoms with Gasteiger partial charge in [-0.3, -0.25) is 19.8 Å². The largest absolute Gasteiger partial charge is 0.481 e. The van der Waals surface area contributed by atoms with Gasteiger partial charge in [0.05, 0.1) is 12.0 Å². The predicted octanol–water partition coefficient (Wildman–Crippen LogP) is 1.82. The Labute approximate surface area is 154 Å². The lowest BCUT2D eigenvalue weighted by molar-refractivity contribution is -0.142. The lowest BCUT2D eigenvalue weighted by Gasteiger charge is -2.56. The molecule has 26 heavy (non-hydrogen) atoms. The van der Waals surface area contributed by atoms with Crippen molar-refractivity contribution in [3.05, 3.63) is 0 Å². The second-order valence-corrected chi connectivity index (χ2v) is 9.00. The zero-order valence-electron chi connectivity index (χ0n) is 16.0. The van der Waals surface area contributed by atoms with Gasteiger partial charge in [0.25, 0.3) is 0 Å². The van der Waals surface area contributed by atoms with Gasteiger partial charge < -0.3 is 10.4 Å². The van der Waals surface area contributed by atoms with Gasteiger partial charge in [-0.1, -0.05) is 6.92 Å². The molecule has 7 nitrogen and oxygen atoms in total. The van der Waals surface area contributed by atoms with Gasteiger partial charge in [0.1, 0.15) is 0 Å². The second-order valence-electron chi connectivity index (χ2n) is 9.00. The molecule has 0 heterocycles. The molecule has 4 saturated carbocycles.